The number of carbonyl (C=O) groups excluding carboxylic acids is 1. The highest BCUT2D eigenvalue weighted by atomic mass is 79.9. The number of nitrogens with zero attached hydrogens (tertiary/aromatic N) is 1. The SMILES string of the molecule is CCC(=O)c1cccc(S(=O)(=O)Nc2cccnc2Br)c1. The maximum absolute atomic E-state index is 12.3. The van der Waals surface area contributed by atoms with E-state index in [9.17, 15) is 13.2 Å². The molecule has 0 amide bonds. The molecule has 110 valence electrons. The maximum atomic E-state index is 12.3. The van der Waals surface area contributed by atoms with Crippen LogP contribution < -0.4 is 4.72 Å². The molecule has 1 heterocycles. The van der Waals surface area contributed by atoms with E-state index in [2.05, 4.69) is 25.6 Å². The van der Waals surface area contributed by atoms with Crippen LogP contribution in [0, 0.1) is 0 Å². The van der Waals surface area contributed by atoms with Gasteiger partial charge in [-0.2, -0.15) is 0 Å². The van der Waals surface area contributed by atoms with Crippen LogP contribution in [0.1, 0.15) is 23.7 Å². The minimum atomic E-state index is -3.77. The highest BCUT2D eigenvalue weighted by Gasteiger charge is 2.17. The molecule has 2 rings (SSSR count). The monoisotopic (exact) mass is 368 g/mol. The molecule has 7 heteroatoms. The Morgan fingerprint density at radius 3 is 2.71 bits per heavy atom. The summed E-state index contributed by atoms with van der Waals surface area (Å²) >= 11 is 3.18. The Kier molecular flexibility index (Phi) is 4.74. The van der Waals surface area contributed by atoms with Gasteiger partial charge >= 0.3 is 0 Å². The van der Waals surface area contributed by atoms with E-state index in [4.69, 9.17) is 0 Å². The number of halogens is 1. The van der Waals surface area contributed by atoms with Gasteiger partial charge in [-0.1, -0.05) is 19.1 Å². The van der Waals surface area contributed by atoms with Gasteiger partial charge < -0.3 is 0 Å². The summed E-state index contributed by atoms with van der Waals surface area (Å²) in [6.07, 6.45) is 1.87. The van der Waals surface area contributed by atoms with Gasteiger partial charge in [-0.15, -0.1) is 0 Å². The summed E-state index contributed by atoms with van der Waals surface area (Å²) in [6.45, 7) is 1.73. The lowest BCUT2D eigenvalue weighted by molar-refractivity contribution is 0.0988. The summed E-state index contributed by atoms with van der Waals surface area (Å²) in [6, 6.07) is 9.19. The summed E-state index contributed by atoms with van der Waals surface area (Å²) in [5.74, 6) is -0.102. The number of anilines is 1. The zero-order chi connectivity index (χ0) is 15.5. The van der Waals surface area contributed by atoms with E-state index in [1.54, 1.807) is 37.4 Å². The Balaban J connectivity index is 2.36. The summed E-state index contributed by atoms with van der Waals surface area (Å²) in [5, 5.41) is 0. The normalized spacial score (nSPS) is 11.1. The van der Waals surface area contributed by atoms with Crippen LogP contribution in [0.2, 0.25) is 0 Å². The number of sulfonamides is 1. The molecule has 0 atom stereocenters. The van der Waals surface area contributed by atoms with Gasteiger partial charge in [-0.3, -0.25) is 9.52 Å². The van der Waals surface area contributed by atoms with Crippen LogP contribution in [-0.4, -0.2) is 19.2 Å². The number of carbonyl (C=O) groups is 1. The second-order valence-electron chi connectivity index (χ2n) is 4.25. The Bertz CT molecular complexity index is 775. The predicted octanol–water partition coefficient (Wildman–Crippen LogP) is 3.24. The van der Waals surface area contributed by atoms with Crippen molar-refractivity contribution in [3.8, 4) is 0 Å². The minimum Gasteiger partial charge on any atom is -0.294 e. The first-order valence-electron chi connectivity index (χ1n) is 6.20. The molecule has 1 aromatic heterocycles. The number of hydrogen-bond acceptors (Lipinski definition) is 4. The smallest absolute Gasteiger partial charge is 0.262 e. The third kappa shape index (κ3) is 3.68. The van der Waals surface area contributed by atoms with E-state index in [-0.39, 0.29) is 10.7 Å². The number of benzene rings is 1. The zero-order valence-corrected chi connectivity index (χ0v) is 13.6. The Hall–Kier alpha value is -1.73. The van der Waals surface area contributed by atoms with Crippen molar-refractivity contribution in [1.82, 2.24) is 4.98 Å². The number of aromatic nitrogens is 1. The summed E-state index contributed by atoms with van der Waals surface area (Å²) in [7, 11) is -3.77. The van der Waals surface area contributed by atoms with Crippen molar-refractivity contribution in [2.24, 2.45) is 0 Å². The molecular formula is C14H13BrN2O3S. The van der Waals surface area contributed by atoms with Crippen molar-refractivity contribution in [2.75, 3.05) is 4.72 Å². The van der Waals surface area contributed by atoms with Crippen LogP contribution in [0.4, 0.5) is 5.69 Å². The first-order chi connectivity index (χ1) is 9.94. The molecule has 2 aromatic rings. The molecule has 0 unspecified atom stereocenters. The summed E-state index contributed by atoms with van der Waals surface area (Å²) in [5.41, 5.74) is 0.718. The van der Waals surface area contributed by atoms with Crippen LogP contribution >= 0.6 is 15.9 Å². The van der Waals surface area contributed by atoms with Crippen LogP contribution in [-0.2, 0) is 10.0 Å². The fourth-order valence-corrected chi connectivity index (χ4v) is 3.30. The average Bonchev–Trinajstić information content (AvgIpc) is 2.49. The van der Waals surface area contributed by atoms with Gasteiger partial charge in [0.2, 0.25) is 0 Å². The van der Waals surface area contributed by atoms with E-state index >= 15 is 0 Å². The highest BCUT2D eigenvalue weighted by Crippen LogP contribution is 2.23. The second-order valence-corrected chi connectivity index (χ2v) is 6.69. The molecule has 0 saturated carbocycles. The average molecular weight is 369 g/mol. The van der Waals surface area contributed by atoms with Crippen LogP contribution in [0.5, 0.6) is 0 Å². The first kappa shape index (κ1) is 15.7. The largest absolute Gasteiger partial charge is 0.294 e. The number of nitrogens with one attached hydrogen (secondary N) is 1. The molecule has 1 aromatic carbocycles. The summed E-state index contributed by atoms with van der Waals surface area (Å²) < 4.78 is 27.5. The molecule has 0 bridgehead atoms. The number of pyridine rings is 1. The van der Waals surface area contributed by atoms with Crippen LogP contribution in [0.3, 0.4) is 0 Å². The zero-order valence-electron chi connectivity index (χ0n) is 11.2. The lowest BCUT2D eigenvalue weighted by Gasteiger charge is -2.09. The minimum absolute atomic E-state index is 0.0394. The van der Waals surface area contributed by atoms with Crippen molar-refractivity contribution < 1.29 is 13.2 Å². The van der Waals surface area contributed by atoms with Gasteiger partial charge in [0.15, 0.2) is 5.78 Å². The van der Waals surface area contributed by atoms with E-state index in [0.717, 1.165) is 0 Å². The van der Waals surface area contributed by atoms with Crippen LogP contribution in [0.25, 0.3) is 0 Å². The highest BCUT2D eigenvalue weighted by molar-refractivity contribution is 9.10. The first-order valence-corrected chi connectivity index (χ1v) is 8.48. The molecular weight excluding hydrogens is 356 g/mol. The topological polar surface area (TPSA) is 76.1 Å². The van der Waals surface area contributed by atoms with Gasteiger partial charge in [0.1, 0.15) is 4.60 Å². The Morgan fingerprint density at radius 1 is 1.29 bits per heavy atom. The van der Waals surface area contributed by atoms with Gasteiger partial charge in [0.05, 0.1) is 10.6 Å². The van der Waals surface area contributed by atoms with Gasteiger partial charge in [0.25, 0.3) is 10.0 Å². The maximum Gasteiger partial charge on any atom is 0.262 e. The fraction of sp³-hybridized carbons (Fsp3) is 0.143. The van der Waals surface area contributed by atoms with Crippen LogP contribution in [0.15, 0.2) is 52.1 Å². The van der Waals surface area contributed by atoms with Crippen molar-refractivity contribution in [3.63, 3.8) is 0 Å². The molecule has 5 nitrogen and oxygen atoms in total. The van der Waals surface area contributed by atoms with Crippen molar-refractivity contribution >= 4 is 37.4 Å². The predicted molar refractivity (Wildman–Crippen MR) is 83.8 cm³/mol. The standard InChI is InChI=1S/C14H13BrN2O3S/c1-2-13(18)10-5-3-6-11(9-10)21(19,20)17-12-7-4-8-16-14(12)15/h3-9,17H,2H2,1H3. The van der Waals surface area contributed by atoms with Crippen molar-refractivity contribution in [1.29, 1.82) is 0 Å². The summed E-state index contributed by atoms with van der Waals surface area (Å²) in [4.78, 5) is 15.7. The number of rotatable bonds is 5. The molecule has 0 radical (unpaired) electrons. The molecule has 0 aliphatic heterocycles. The van der Waals surface area contributed by atoms with Gasteiger partial charge in [0, 0.05) is 18.2 Å². The third-order valence-electron chi connectivity index (χ3n) is 2.79. The van der Waals surface area contributed by atoms with Crippen molar-refractivity contribution in [2.45, 2.75) is 18.2 Å². The number of Topliss-reactive ketones (excluding diaryl/α,β-unsaturated/α-hetero) is 1. The molecule has 0 aliphatic carbocycles. The lowest BCUT2D eigenvalue weighted by atomic mass is 10.1. The Labute approximate surface area is 131 Å². The van der Waals surface area contributed by atoms with E-state index < -0.39 is 10.0 Å². The van der Waals surface area contributed by atoms with Gasteiger partial charge in [-0.25, -0.2) is 13.4 Å². The molecule has 0 fully saturated rings. The fourth-order valence-electron chi connectivity index (χ4n) is 1.71. The molecule has 0 spiro atoms. The molecule has 0 aliphatic rings. The lowest BCUT2D eigenvalue weighted by Crippen LogP contribution is -2.14. The van der Waals surface area contributed by atoms with E-state index in [1.807, 2.05) is 0 Å². The molecule has 1 N–H and O–H groups in total. The van der Waals surface area contributed by atoms with E-state index in [1.165, 1.54) is 12.1 Å². The Morgan fingerprint density at radius 2 is 2.05 bits per heavy atom. The molecule has 0 saturated heterocycles. The van der Waals surface area contributed by atoms with Gasteiger partial charge in [-0.05, 0) is 40.2 Å². The van der Waals surface area contributed by atoms with E-state index in [0.29, 0.717) is 22.3 Å². The number of hydrogen-bond donors (Lipinski definition) is 1. The van der Waals surface area contributed by atoms with Crippen molar-refractivity contribution in [3.05, 3.63) is 52.8 Å². The second kappa shape index (κ2) is 6.36. The third-order valence-corrected chi connectivity index (χ3v) is 4.79. The number of ketones is 1. The molecule has 21 heavy (non-hydrogen) atoms. The quantitative estimate of drug-likeness (QED) is 0.649.